The number of fused-ring (bicyclic) bond motifs is 5. The molecule has 0 unspecified atom stereocenters. The van der Waals surface area contributed by atoms with Crippen molar-refractivity contribution in [3.63, 3.8) is 0 Å². The summed E-state index contributed by atoms with van der Waals surface area (Å²) in [4.78, 5) is 24.1. The minimum Gasteiger partial charge on any atom is -0.481 e. The van der Waals surface area contributed by atoms with E-state index in [1.807, 2.05) is 30.3 Å². The van der Waals surface area contributed by atoms with Gasteiger partial charge in [0.2, 0.25) is 0 Å². The molecular formula is C33H23F3N4O2. The van der Waals surface area contributed by atoms with Crippen molar-refractivity contribution in [2.24, 2.45) is 22.7 Å². The minimum absolute atomic E-state index is 0.00879. The highest BCUT2D eigenvalue weighted by Crippen LogP contribution is 2.46. The normalized spacial score (nSPS) is 20.8. The van der Waals surface area contributed by atoms with Crippen LogP contribution in [0, 0.1) is 46.5 Å². The molecule has 208 valence electrons. The molecule has 0 radical (unpaired) electrons. The maximum absolute atomic E-state index is 16.6. The van der Waals surface area contributed by atoms with Gasteiger partial charge in [-0.05, 0) is 66.0 Å². The molecule has 1 atom stereocenters. The van der Waals surface area contributed by atoms with E-state index >= 15 is 4.39 Å². The Hall–Kier alpha value is -4.97. The van der Waals surface area contributed by atoms with Crippen molar-refractivity contribution in [3.05, 3.63) is 83.8 Å². The number of aliphatic imine (C=N–C) groups is 1. The van der Waals surface area contributed by atoms with E-state index in [0.717, 1.165) is 48.6 Å². The Morgan fingerprint density at radius 3 is 2.52 bits per heavy atom. The molecule has 8 rings (SSSR count). The molecule has 42 heavy (non-hydrogen) atoms. The number of nitrogens with one attached hydrogen (secondary N) is 1. The lowest BCUT2D eigenvalue weighted by Gasteiger charge is -2.41. The maximum Gasteiger partial charge on any atom is 0.312 e. The zero-order valence-electron chi connectivity index (χ0n) is 22.2. The number of benzene rings is 3. The zero-order valence-corrected chi connectivity index (χ0v) is 22.2. The van der Waals surface area contributed by atoms with Gasteiger partial charge in [-0.3, -0.25) is 4.79 Å². The summed E-state index contributed by atoms with van der Waals surface area (Å²) in [6.07, 6.45) is 4.46. The number of nitrogens with zero attached hydrogens (tertiary/aromatic N) is 3. The second kappa shape index (κ2) is 9.84. The smallest absolute Gasteiger partial charge is 0.312 e. The summed E-state index contributed by atoms with van der Waals surface area (Å²) in [5, 5.41) is 22.3. The van der Waals surface area contributed by atoms with Crippen LogP contribution in [0.25, 0.3) is 44.1 Å². The highest BCUT2D eigenvalue weighted by molar-refractivity contribution is 6.05. The van der Waals surface area contributed by atoms with Crippen molar-refractivity contribution in [1.82, 2.24) is 9.97 Å². The molecule has 9 heteroatoms. The maximum atomic E-state index is 16.6. The molecule has 2 bridgehead atoms. The van der Waals surface area contributed by atoms with Crippen molar-refractivity contribution >= 4 is 39.2 Å². The fourth-order valence-electron chi connectivity index (χ4n) is 6.75. The Kier molecular flexibility index (Phi) is 6.08. The van der Waals surface area contributed by atoms with Crippen LogP contribution >= 0.6 is 0 Å². The number of nitriles is 1. The quantitative estimate of drug-likeness (QED) is 0.231. The number of hydrogen-bond donors (Lipinski definition) is 2. The first-order valence-corrected chi connectivity index (χ1v) is 13.7. The van der Waals surface area contributed by atoms with E-state index in [1.165, 1.54) is 6.20 Å². The monoisotopic (exact) mass is 564 g/mol. The van der Waals surface area contributed by atoms with Gasteiger partial charge in [0.05, 0.1) is 22.7 Å². The van der Waals surface area contributed by atoms with E-state index in [2.05, 4.69) is 21.0 Å². The van der Waals surface area contributed by atoms with Crippen LogP contribution in [-0.4, -0.2) is 26.8 Å². The fraction of sp³-hybridized carbons (Fsp3) is 0.212. The van der Waals surface area contributed by atoms with Gasteiger partial charge in [0.25, 0.3) is 0 Å². The third kappa shape index (κ3) is 4.05. The van der Waals surface area contributed by atoms with Crippen LogP contribution in [0.4, 0.5) is 19.0 Å². The van der Waals surface area contributed by atoms with Crippen molar-refractivity contribution in [3.8, 4) is 28.5 Å². The van der Waals surface area contributed by atoms with Gasteiger partial charge in [0.1, 0.15) is 17.7 Å². The Balaban J connectivity index is 1.54. The Labute approximate surface area is 238 Å². The summed E-state index contributed by atoms with van der Waals surface area (Å²) in [7, 11) is 0. The number of H-pyrrole nitrogens is 1. The van der Waals surface area contributed by atoms with Gasteiger partial charge < -0.3 is 10.1 Å². The second-order valence-corrected chi connectivity index (χ2v) is 11.0. The molecular weight excluding hydrogens is 541 g/mol. The van der Waals surface area contributed by atoms with E-state index in [-0.39, 0.29) is 50.9 Å². The number of aliphatic carboxylic acids is 1. The number of carboxylic acid groups (broad SMARTS) is 1. The van der Waals surface area contributed by atoms with Crippen LogP contribution in [-0.2, 0) is 4.79 Å². The third-order valence-electron chi connectivity index (χ3n) is 8.71. The zero-order chi connectivity index (χ0) is 29.1. The molecule has 2 heterocycles. The number of carboxylic acids is 1. The van der Waals surface area contributed by atoms with Gasteiger partial charge >= 0.3 is 5.97 Å². The molecule has 0 aliphatic heterocycles. The Morgan fingerprint density at radius 2 is 1.79 bits per heavy atom. The number of hydrogen-bond acceptors (Lipinski definition) is 4. The van der Waals surface area contributed by atoms with Gasteiger partial charge in [-0.1, -0.05) is 36.4 Å². The molecule has 2 N–H and O–H groups in total. The van der Waals surface area contributed by atoms with Crippen LogP contribution in [0.15, 0.2) is 65.8 Å². The topological polar surface area (TPSA) is 102 Å². The average molecular weight is 565 g/mol. The molecule has 0 saturated heterocycles. The lowest BCUT2D eigenvalue weighted by atomic mass is 9.63. The number of halogens is 3. The Morgan fingerprint density at radius 1 is 1.02 bits per heavy atom. The lowest BCUT2D eigenvalue weighted by molar-refractivity contribution is -0.142. The molecule has 0 spiro atoms. The van der Waals surface area contributed by atoms with E-state index in [4.69, 9.17) is 0 Å². The summed E-state index contributed by atoms with van der Waals surface area (Å²) >= 11 is 0. The summed E-state index contributed by atoms with van der Waals surface area (Å²) in [6.45, 7) is 0. The summed E-state index contributed by atoms with van der Waals surface area (Å²) in [5.41, 5.74) is 0.785. The standard InChI is InChI=1S/C33H23F3N4O2/c34-21-12-22-24(15-38-31(22)25(35)13-21)30-23(14-37)26(20-10-5-16-3-1-2-4-19(16)11-20)28(36)32(40-30)39-29-18-8-6-17(7-9-18)27(29)33(41)42/h1-5,10-13,15,17-18,27,38H,6-9H2,(H,41,42)/b39-29+/t17?,18?,27-/m1/s1. The molecule has 6 nitrogen and oxygen atoms in total. The molecule has 0 amide bonds. The average Bonchev–Trinajstić information content (AvgIpc) is 3.42. The first kappa shape index (κ1) is 26.0. The number of pyridine rings is 1. The first-order valence-electron chi connectivity index (χ1n) is 13.7. The first-order chi connectivity index (χ1) is 20.3. The van der Waals surface area contributed by atoms with Crippen molar-refractivity contribution in [1.29, 1.82) is 5.26 Å². The lowest BCUT2D eigenvalue weighted by Crippen LogP contribution is -2.44. The second-order valence-electron chi connectivity index (χ2n) is 11.0. The van der Waals surface area contributed by atoms with Gasteiger partial charge in [-0.2, -0.15) is 5.26 Å². The summed E-state index contributed by atoms with van der Waals surface area (Å²) < 4.78 is 45.5. The van der Waals surface area contributed by atoms with Gasteiger partial charge in [0.15, 0.2) is 11.6 Å². The Bertz CT molecular complexity index is 2000. The highest BCUT2D eigenvalue weighted by Gasteiger charge is 2.45. The number of aromatic nitrogens is 2. The molecule has 3 fully saturated rings. The van der Waals surface area contributed by atoms with E-state index in [0.29, 0.717) is 11.3 Å². The van der Waals surface area contributed by atoms with Gasteiger partial charge in [-0.25, -0.2) is 23.1 Å². The molecule has 3 saturated carbocycles. The number of aromatic amines is 1. The van der Waals surface area contributed by atoms with Crippen molar-refractivity contribution in [2.45, 2.75) is 25.7 Å². The van der Waals surface area contributed by atoms with E-state index in [9.17, 15) is 23.9 Å². The molecule has 3 aliphatic rings. The third-order valence-corrected chi connectivity index (χ3v) is 8.71. The predicted octanol–water partition coefficient (Wildman–Crippen LogP) is 7.93. The molecule has 5 aromatic rings. The largest absolute Gasteiger partial charge is 0.481 e. The number of carbonyl (C=O) groups is 1. The van der Waals surface area contributed by atoms with Crippen LogP contribution in [0.1, 0.15) is 31.2 Å². The van der Waals surface area contributed by atoms with E-state index in [1.54, 1.807) is 12.1 Å². The highest BCUT2D eigenvalue weighted by atomic mass is 19.1. The summed E-state index contributed by atoms with van der Waals surface area (Å²) in [6, 6.07) is 16.7. The van der Waals surface area contributed by atoms with Crippen LogP contribution in [0.5, 0.6) is 0 Å². The molecule has 3 aromatic carbocycles. The summed E-state index contributed by atoms with van der Waals surface area (Å²) in [5.74, 6) is -4.92. The fourth-order valence-corrected chi connectivity index (χ4v) is 6.75. The van der Waals surface area contributed by atoms with Crippen molar-refractivity contribution < 1.29 is 23.1 Å². The van der Waals surface area contributed by atoms with Gasteiger partial charge in [0, 0.05) is 34.5 Å². The number of rotatable bonds is 4. The molecule has 3 aliphatic carbocycles. The van der Waals surface area contributed by atoms with Crippen LogP contribution < -0.4 is 0 Å². The predicted molar refractivity (Wildman–Crippen MR) is 153 cm³/mol. The SMILES string of the molecule is N#Cc1c(-c2c[nH]c3c(F)cc(F)cc23)nc(/N=C2\C3CCC(CC3)[C@H]2C(=O)O)c(F)c1-c1ccc2ccccc2c1. The van der Waals surface area contributed by atoms with Crippen LogP contribution in [0.3, 0.4) is 0 Å². The van der Waals surface area contributed by atoms with Crippen molar-refractivity contribution in [2.75, 3.05) is 0 Å². The minimum atomic E-state index is -1.00. The van der Waals surface area contributed by atoms with Crippen LogP contribution in [0.2, 0.25) is 0 Å². The van der Waals surface area contributed by atoms with Gasteiger partial charge in [-0.15, -0.1) is 0 Å². The molecule has 2 aromatic heterocycles. The van der Waals surface area contributed by atoms with E-state index < -0.39 is 29.3 Å².